The third-order valence-corrected chi connectivity index (χ3v) is 7.24. The third kappa shape index (κ3) is 4.83. The molecule has 1 aliphatic heterocycles. The Morgan fingerprint density at radius 3 is 2.11 bits per heavy atom. The molecule has 2 amide bonds. The molecule has 0 aliphatic carbocycles. The van der Waals surface area contributed by atoms with Gasteiger partial charge in [0.25, 0.3) is 5.91 Å². The van der Waals surface area contributed by atoms with Gasteiger partial charge in [-0.1, -0.05) is 12.1 Å². The van der Waals surface area contributed by atoms with E-state index in [4.69, 9.17) is 18.9 Å². The van der Waals surface area contributed by atoms with Crippen LogP contribution < -0.4 is 24.3 Å². The Labute approximate surface area is 224 Å². The lowest BCUT2D eigenvalue weighted by atomic mass is 9.79. The van der Waals surface area contributed by atoms with E-state index in [1.807, 2.05) is 31.2 Å². The van der Waals surface area contributed by atoms with Crippen LogP contribution in [0.2, 0.25) is 0 Å². The van der Waals surface area contributed by atoms with Gasteiger partial charge >= 0.3 is 0 Å². The largest absolute Gasteiger partial charge is 0.493 e. The Kier molecular flexibility index (Phi) is 7.63. The van der Waals surface area contributed by atoms with E-state index in [9.17, 15) is 9.59 Å². The first-order valence-corrected chi connectivity index (χ1v) is 12.3. The Hall–Kier alpha value is -3.72. The molecule has 9 heteroatoms. The second-order valence-corrected chi connectivity index (χ2v) is 9.57. The monoisotopic (exact) mass is 568 g/mol. The van der Waals surface area contributed by atoms with Crippen LogP contribution in [0.15, 0.2) is 53.0 Å². The van der Waals surface area contributed by atoms with E-state index < -0.39 is 12.0 Å². The van der Waals surface area contributed by atoms with Crippen LogP contribution in [0, 0.1) is 6.92 Å². The van der Waals surface area contributed by atoms with Crippen LogP contribution in [-0.4, -0.2) is 52.2 Å². The highest BCUT2D eigenvalue weighted by molar-refractivity contribution is 9.10. The predicted molar refractivity (Wildman–Crippen MR) is 144 cm³/mol. The fraction of sp³-hybridized carbons (Fsp3) is 0.286. The molecule has 2 atom stereocenters. The second kappa shape index (κ2) is 10.7. The fourth-order valence-electron chi connectivity index (χ4n) is 4.72. The molecule has 3 aromatic rings. The zero-order valence-corrected chi connectivity index (χ0v) is 23.1. The number of carbonyl (C=O) groups excluding carboxylic acids is 2. The number of nitrogens with zero attached hydrogens (tertiary/aromatic N) is 1. The number of halogens is 1. The van der Waals surface area contributed by atoms with E-state index in [0.29, 0.717) is 39.8 Å². The third-order valence-electron chi connectivity index (χ3n) is 6.59. The Balaban J connectivity index is 1.91. The van der Waals surface area contributed by atoms with E-state index >= 15 is 0 Å². The van der Waals surface area contributed by atoms with Gasteiger partial charge in [-0.2, -0.15) is 0 Å². The maximum atomic E-state index is 14.0. The van der Waals surface area contributed by atoms with Gasteiger partial charge in [0.05, 0.1) is 46.1 Å². The molecule has 0 saturated heterocycles. The first-order chi connectivity index (χ1) is 17.7. The van der Waals surface area contributed by atoms with Crippen molar-refractivity contribution >= 4 is 33.4 Å². The van der Waals surface area contributed by atoms with Crippen molar-refractivity contribution in [3.05, 3.63) is 75.3 Å². The van der Waals surface area contributed by atoms with Gasteiger partial charge in [0, 0.05) is 17.1 Å². The Morgan fingerprint density at radius 1 is 0.865 bits per heavy atom. The number of hydrogen-bond acceptors (Lipinski definition) is 6. The van der Waals surface area contributed by atoms with Crippen molar-refractivity contribution in [3.63, 3.8) is 0 Å². The molecule has 0 spiro atoms. The number of fused-ring (bicyclic) bond motifs is 1. The van der Waals surface area contributed by atoms with E-state index in [2.05, 4.69) is 21.2 Å². The quantitative estimate of drug-likeness (QED) is 0.414. The lowest BCUT2D eigenvalue weighted by Gasteiger charge is -2.40. The molecule has 1 heterocycles. The SMILES string of the molecule is COc1ccc([C@@H]2[C@@H](C(=O)Nc3ccc(C)cc3Br)c3cc(OC)c(OC)cc3C(=O)N2C)cc1OC. The molecule has 194 valence electrons. The summed E-state index contributed by atoms with van der Waals surface area (Å²) in [6, 6.07) is 13.8. The summed E-state index contributed by atoms with van der Waals surface area (Å²) in [5.74, 6) is 0.594. The average molecular weight is 569 g/mol. The van der Waals surface area contributed by atoms with Crippen LogP contribution in [0.1, 0.15) is 39.0 Å². The minimum atomic E-state index is -0.774. The lowest BCUT2D eigenvalue weighted by molar-refractivity contribution is -0.119. The van der Waals surface area contributed by atoms with E-state index in [0.717, 1.165) is 15.6 Å². The molecular formula is C28H29BrN2O6. The van der Waals surface area contributed by atoms with Crippen LogP contribution in [0.25, 0.3) is 0 Å². The summed E-state index contributed by atoms with van der Waals surface area (Å²) < 4.78 is 22.6. The molecule has 3 aromatic carbocycles. The number of aryl methyl sites for hydroxylation is 1. The van der Waals surface area contributed by atoms with E-state index in [1.165, 1.54) is 14.2 Å². The Morgan fingerprint density at radius 2 is 1.49 bits per heavy atom. The molecule has 0 unspecified atom stereocenters. The smallest absolute Gasteiger partial charge is 0.254 e. The number of ether oxygens (including phenoxy) is 4. The zero-order chi connectivity index (χ0) is 26.9. The van der Waals surface area contributed by atoms with Crippen LogP contribution in [-0.2, 0) is 4.79 Å². The number of carbonyl (C=O) groups is 2. The van der Waals surface area contributed by atoms with Gasteiger partial charge in [-0.3, -0.25) is 9.59 Å². The number of anilines is 1. The summed E-state index contributed by atoms with van der Waals surface area (Å²) in [5, 5.41) is 3.05. The molecule has 1 aliphatic rings. The van der Waals surface area contributed by atoms with Gasteiger partial charge in [-0.05, 0) is 75.9 Å². The molecule has 1 N–H and O–H groups in total. The number of hydrogen-bond donors (Lipinski definition) is 1. The standard InChI is InChI=1S/C28H29BrN2O6/c1-15-7-9-20(19(29)11-15)30-27(32)25-17-13-23(36-5)24(37-6)14-18(17)28(33)31(2)26(25)16-8-10-21(34-3)22(12-16)35-4/h7-14,25-26H,1-6H3,(H,30,32)/t25-,26+/m0/s1. The number of rotatable bonds is 7. The first-order valence-electron chi connectivity index (χ1n) is 11.6. The van der Waals surface area contributed by atoms with Gasteiger partial charge in [0.15, 0.2) is 23.0 Å². The molecular weight excluding hydrogens is 540 g/mol. The van der Waals surface area contributed by atoms with Crippen LogP contribution >= 0.6 is 15.9 Å². The highest BCUT2D eigenvalue weighted by atomic mass is 79.9. The number of amides is 2. The number of methoxy groups -OCH3 is 4. The second-order valence-electron chi connectivity index (χ2n) is 8.72. The number of benzene rings is 3. The minimum absolute atomic E-state index is 0.240. The molecule has 0 saturated carbocycles. The van der Waals surface area contributed by atoms with Gasteiger partial charge < -0.3 is 29.2 Å². The molecule has 8 nitrogen and oxygen atoms in total. The van der Waals surface area contributed by atoms with Crippen molar-refractivity contribution in [3.8, 4) is 23.0 Å². The maximum Gasteiger partial charge on any atom is 0.254 e. The van der Waals surface area contributed by atoms with E-state index in [1.54, 1.807) is 50.4 Å². The fourth-order valence-corrected chi connectivity index (χ4v) is 5.31. The van der Waals surface area contributed by atoms with Crippen molar-refractivity contribution in [1.29, 1.82) is 0 Å². The summed E-state index contributed by atoms with van der Waals surface area (Å²) in [7, 11) is 7.81. The van der Waals surface area contributed by atoms with Gasteiger partial charge in [0.1, 0.15) is 0 Å². The van der Waals surface area contributed by atoms with Crippen molar-refractivity contribution < 1.29 is 28.5 Å². The summed E-state index contributed by atoms with van der Waals surface area (Å²) in [6.45, 7) is 1.97. The van der Waals surface area contributed by atoms with Crippen LogP contribution in [0.5, 0.6) is 23.0 Å². The topological polar surface area (TPSA) is 86.3 Å². The molecule has 37 heavy (non-hydrogen) atoms. The highest BCUT2D eigenvalue weighted by Gasteiger charge is 2.44. The summed E-state index contributed by atoms with van der Waals surface area (Å²) in [5.41, 5.74) is 3.32. The molecule has 0 aromatic heterocycles. The highest BCUT2D eigenvalue weighted by Crippen LogP contribution is 2.47. The van der Waals surface area contributed by atoms with E-state index in [-0.39, 0.29) is 11.8 Å². The predicted octanol–water partition coefficient (Wildman–Crippen LogP) is 5.34. The molecule has 0 fully saturated rings. The Bertz CT molecular complexity index is 1360. The van der Waals surface area contributed by atoms with Crippen molar-refractivity contribution in [2.45, 2.75) is 18.9 Å². The average Bonchev–Trinajstić information content (AvgIpc) is 2.90. The van der Waals surface area contributed by atoms with Gasteiger partial charge in [-0.25, -0.2) is 0 Å². The molecule has 0 radical (unpaired) electrons. The number of nitrogens with one attached hydrogen (secondary N) is 1. The lowest BCUT2D eigenvalue weighted by Crippen LogP contribution is -2.44. The van der Waals surface area contributed by atoms with Crippen LogP contribution in [0.3, 0.4) is 0 Å². The van der Waals surface area contributed by atoms with Crippen molar-refractivity contribution in [2.75, 3.05) is 40.8 Å². The summed E-state index contributed by atoms with van der Waals surface area (Å²) in [6.07, 6.45) is 0. The summed E-state index contributed by atoms with van der Waals surface area (Å²) >= 11 is 3.54. The molecule has 4 rings (SSSR count). The first kappa shape index (κ1) is 26.3. The van der Waals surface area contributed by atoms with Gasteiger partial charge in [-0.15, -0.1) is 0 Å². The number of likely N-dealkylation sites (N-methyl/N-ethyl adjacent to an activating group) is 1. The maximum absolute atomic E-state index is 14.0. The molecule has 0 bridgehead atoms. The van der Waals surface area contributed by atoms with Gasteiger partial charge in [0.2, 0.25) is 5.91 Å². The minimum Gasteiger partial charge on any atom is -0.493 e. The summed E-state index contributed by atoms with van der Waals surface area (Å²) in [4.78, 5) is 29.2. The van der Waals surface area contributed by atoms with Crippen LogP contribution in [0.4, 0.5) is 5.69 Å². The zero-order valence-electron chi connectivity index (χ0n) is 21.5. The van der Waals surface area contributed by atoms with Crippen molar-refractivity contribution in [1.82, 2.24) is 4.90 Å². The normalized spacial score (nSPS) is 16.6. The van der Waals surface area contributed by atoms with Crippen molar-refractivity contribution in [2.24, 2.45) is 0 Å².